The predicted molar refractivity (Wildman–Crippen MR) is 181 cm³/mol. The molecule has 2 saturated carbocycles. The number of ether oxygens (including phenoxy) is 2. The Hall–Kier alpha value is -3.80. The van der Waals surface area contributed by atoms with Crippen LogP contribution in [0.15, 0.2) is 75.4 Å². The number of aliphatic hydroxyl groups is 1. The Kier molecular flexibility index (Phi) is 8.69. The molecule has 0 amide bonds. The molecule has 6 aliphatic rings. The normalized spacial score (nSPS) is 31.5. The third-order valence-electron chi connectivity index (χ3n) is 10.4. The van der Waals surface area contributed by atoms with E-state index in [9.17, 15) is 9.90 Å². The lowest BCUT2D eigenvalue weighted by molar-refractivity contribution is -0.110. The van der Waals surface area contributed by atoms with Crippen LogP contribution < -0.4 is 14.9 Å². The number of hydrogen-bond donors (Lipinski definition) is 2. The monoisotopic (exact) mass is 623 g/mol. The fourth-order valence-corrected chi connectivity index (χ4v) is 8.54. The Labute approximate surface area is 271 Å². The first kappa shape index (κ1) is 31.2. The maximum Gasteiger partial charge on any atom is 0.231 e. The van der Waals surface area contributed by atoms with Gasteiger partial charge in [0.25, 0.3) is 0 Å². The number of ketones is 1. The fourth-order valence-electron chi connectivity index (χ4n) is 8.39. The number of thiocarbonyl (C=S) groups is 1. The average Bonchev–Trinajstić information content (AvgIpc) is 3.63. The molecular weight excluding hydrogens is 582 g/mol. The van der Waals surface area contributed by atoms with Gasteiger partial charge in [0.15, 0.2) is 17.3 Å². The van der Waals surface area contributed by atoms with Crippen LogP contribution in [0.4, 0.5) is 0 Å². The highest BCUT2D eigenvalue weighted by Crippen LogP contribution is 2.66. The van der Waals surface area contributed by atoms with E-state index in [-0.39, 0.29) is 29.0 Å². The highest BCUT2D eigenvalue weighted by Gasteiger charge is 2.62. The van der Waals surface area contributed by atoms with E-state index >= 15 is 0 Å². The summed E-state index contributed by atoms with van der Waals surface area (Å²) in [5, 5.41) is 16.8. The number of carbonyl (C=O) groups is 1. The summed E-state index contributed by atoms with van der Waals surface area (Å²) in [6, 6.07) is 6.35. The summed E-state index contributed by atoms with van der Waals surface area (Å²) in [6.45, 7) is 8.36. The van der Waals surface area contributed by atoms with Crippen LogP contribution in [0.1, 0.15) is 84.1 Å². The summed E-state index contributed by atoms with van der Waals surface area (Å²) >= 11 is 5.38. The topological polar surface area (TPSA) is 92.5 Å². The molecule has 45 heavy (non-hydrogen) atoms. The van der Waals surface area contributed by atoms with Gasteiger partial charge in [-0.2, -0.15) is 5.10 Å². The zero-order chi connectivity index (χ0) is 31.8. The lowest BCUT2D eigenvalue weighted by Gasteiger charge is -2.53. The molecule has 5 aliphatic carbocycles. The van der Waals surface area contributed by atoms with Crippen molar-refractivity contribution in [1.82, 2.24) is 5.43 Å². The largest absolute Gasteiger partial charge is 0.454 e. The average molecular weight is 624 g/mol. The molecule has 0 bridgehead atoms. The third-order valence-corrected chi connectivity index (χ3v) is 10.6. The van der Waals surface area contributed by atoms with Gasteiger partial charge < -0.3 is 14.6 Å². The Morgan fingerprint density at radius 2 is 1.87 bits per heavy atom. The number of benzene rings is 1. The molecule has 0 radical (unpaired) electrons. The van der Waals surface area contributed by atoms with Crippen molar-refractivity contribution in [2.75, 3.05) is 6.79 Å². The van der Waals surface area contributed by atoms with Crippen LogP contribution in [0.3, 0.4) is 0 Å². The van der Waals surface area contributed by atoms with Crippen molar-refractivity contribution in [3.63, 3.8) is 0 Å². The van der Waals surface area contributed by atoms with Gasteiger partial charge in [0.05, 0.1) is 11.4 Å². The van der Waals surface area contributed by atoms with Gasteiger partial charge in [-0.15, -0.1) is 5.92 Å². The molecule has 1 aromatic carbocycles. The van der Waals surface area contributed by atoms with E-state index in [1.54, 1.807) is 12.2 Å². The van der Waals surface area contributed by atoms with Gasteiger partial charge in [-0.05, 0) is 135 Å². The number of fused-ring (bicyclic) bond motifs is 5. The van der Waals surface area contributed by atoms with Crippen LogP contribution in [0.2, 0.25) is 0 Å². The van der Waals surface area contributed by atoms with E-state index in [0.717, 1.165) is 62.2 Å². The summed E-state index contributed by atoms with van der Waals surface area (Å²) in [7, 11) is 0. The number of aliphatic imine (C=N–C) groups is 1. The van der Waals surface area contributed by atoms with E-state index in [2.05, 4.69) is 52.5 Å². The molecule has 1 heterocycles. The molecule has 5 atom stereocenters. The molecule has 5 unspecified atom stereocenters. The van der Waals surface area contributed by atoms with Crippen molar-refractivity contribution < 1.29 is 19.4 Å². The van der Waals surface area contributed by atoms with Crippen LogP contribution in [0.5, 0.6) is 11.5 Å². The molecule has 0 spiro atoms. The summed E-state index contributed by atoms with van der Waals surface area (Å²) in [6.07, 6.45) is 14.8. The molecule has 8 heteroatoms. The SMILES string of the molecule is CC.CC#CC1(O)CCC2C3CCC4=C/C(=N/NC(=S)N=C5C=CC(=O)C=C5)CCC4=C3C(c3ccc4c(c3)OCO4)CC21C. The van der Waals surface area contributed by atoms with Gasteiger partial charge in [-0.25, -0.2) is 4.99 Å². The fraction of sp³-hybridized carbons (Fsp3) is 0.459. The minimum atomic E-state index is -0.980. The zero-order valence-electron chi connectivity index (χ0n) is 26.5. The standard InChI is InChI=1S/C35H35N3O4S.C2H6/c1-3-15-35(40)16-14-29-27-11-4-21-17-24(37-38-33(43)36-23-6-9-25(39)10-7-23)8-12-26(21)32(27)28(19-34(29,35)2)22-5-13-30-31(18-22)42-20-41-30;1-2/h5-7,9-10,13,17-18,27-29,40H,4,8,11-12,14,16,19-20H2,1-2H3,(H,38,43);1-2H3/b37-24+;. The van der Waals surface area contributed by atoms with E-state index in [4.69, 9.17) is 21.7 Å². The van der Waals surface area contributed by atoms with Gasteiger partial charge in [0.1, 0.15) is 5.60 Å². The highest BCUT2D eigenvalue weighted by molar-refractivity contribution is 7.80. The summed E-state index contributed by atoms with van der Waals surface area (Å²) in [5.74, 6) is 8.77. The van der Waals surface area contributed by atoms with E-state index in [1.807, 2.05) is 26.8 Å². The van der Waals surface area contributed by atoms with Crippen LogP contribution in [0.25, 0.3) is 0 Å². The van der Waals surface area contributed by atoms with Gasteiger partial charge in [-0.3, -0.25) is 10.2 Å². The first-order valence-electron chi connectivity index (χ1n) is 16.1. The third kappa shape index (κ3) is 5.62. The van der Waals surface area contributed by atoms with Crippen LogP contribution >= 0.6 is 12.2 Å². The number of carbonyl (C=O) groups excluding carboxylic acids is 1. The van der Waals surface area contributed by atoms with Crippen LogP contribution in [-0.2, 0) is 4.79 Å². The number of nitrogens with zero attached hydrogens (tertiary/aromatic N) is 2. The summed E-state index contributed by atoms with van der Waals surface area (Å²) in [4.78, 5) is 15.7. The number of hydrazone groups is 1. The van der Waals surface area contributed by atoms with Gasteiger partial charge in [-0.1, -0.05) is 38.3 Å². The van der Waals surface area contributed by atoms with Crippen molar-refractivity contribution in [2.45, 2.75) is 84.2 Å². The Morgan fingerprint density at radius 1 is 1.09 bits per heavy atom. The van der Waals surface area contributed by atoms with Crippen LogP contribution in [-0.4, -0.2) is 39.8 Å². The Bertz CT molecular complexity index is 1650. The molecule has 1 aliphatic heterocycles. The molecule has 2 fully saturated rings. The second-order valence-electron chi connectivity index (χ2n) is 12.5. The number of rotatable bonds is 2. The lowest BCUT2D eigenvalue weighted by atomic mass is 9.51. The molecule has 7 rings (SSSR count). The minimum Gasteiger partial charge on any atom is -0.454 e. The molecule has 0 aromatic heterocycles. The van der Waals surface area contributed by atoms with E-state index < -0.39 is 5.60 Å². The lowest BCUT2D eigenvalue weighted by Crippen LogP contribution is -2.51. The zero-order valence-corrected chi connectivity index (χ0v) is 27.3. The van der Waals surface area contributed by atoms with Crippen molar-refractivity contribution >= 4 is 34.5 Å². The van der Waals surface area contributed by atoms with Crippen molar-refractivity contribution in [1.29, 1.82) is 0 Å². The second kappa shape index (κ2) is 12.5. The maximum atomic E-state index is 11.9. The molecule has 0 saturated heterocycles. The number of nitrogens with one attached hydrogen (secondary N) is 1. The summed E-state index contributed by atoms with van der Waals surface area (Å²) < 4.78 is 11.4. The second-order valence-corrected chi connectivity index (χ2v) is 12.9. The molecule has 234 valence electrons. The van der Waals surface area contributed by atoms with Crippen molar-refractivity contribution in [3.05, 3.63) is 70.9 Å². The molecular formula is C37H41N3O4S. The van der Waals surface area contributed by atoms with E-state index in [1.165, 1.54) is 34.4 Å². The van der Waals surface area contributed by atoms with Gasteiger partial charge in [0, 0.05) is 11.3 Å². The number of hydrogen-bond acceptors (Lipinski definition) is 6. The smallest absolute Gasteiger partial charge is 0.231 e. The Balaban J connectivity index is 0.00000175. The first-order chi connectivity index (χ1) is 21.8. The number of allylic oxidation sites excluding steroid dienone is 8. The van der Waals surface area contributed by atoms with Crippen molar-refractivity contribution in [2.24, 2.45) is 27.3 Å². The van der Waals surface area contributed by atoms with Gasteiger partial charge >= 0.3 is 0 Å². The van der Waals surface area contributed by atoms with Crippen molar-refractivity contribution in [3.8, 4) is 23.3 Å². The van der Waals surface area contributed by atoms with E-state index in [0.29, 0.717) is 17.5 Å². The Morgan fingerprint density at radius 3 is 2.64 bits per heavy atom. The molecule has 1 aromatic rings. The quantitative estimate of drug-likeness (QED) is 0.161. The predicted octanol–water partition coefficient (Wildman–Crippen LogP) is 6.89. The highest BCUT2D eigenvalue weighted by atomic mass is 32.1. The summed E-state index contributed by atoms with van der Waals surface area (Å²) in [5.41, 5.74) is 8.79. The minimum absolute atomic E-state index is 0.0619. The molecule has 7 nitrogen and oxygen atoms in total. The maximum absolute atomic E-state index is 11.9. The first-order valence-corrected chi connectivity index (χ1v) is 16.5. The van der Waals surface area contributed by atoms with Crippen LogP contribution in [0, 0.1) is 29.1 Å². The molecule has 2 N–H and O–H groups in total. The van der Waals surface area contributed by atoms with Gasteiger partial charge in [0.2, 0.25) is 11.9 Å².